The Kier molecular flexibility index (Phi) is 5.54. The Morgan fingerprint density at radius 1 is 1.19 bits per heavy atom. The number of carbonyl (C=O) groups excluding carboxylic acids is 1. The number of amides is 1. The van der Waals surface area contributed by atoms with Gasteiger partial charge in [0.05, 0.1) is 4.92 Å². The molecule has 1 amide bonds. The van der Waals surface area contributed by atoms with Gasteiger partial charge in [0, 0.05) is 41.3 Å². The molecule has 1 unspecified atom stereocenters. The number of hydrogen-bond donors (Lipinski definition) is 2. The zero-order valence-corrected chi connectivity index (χ0v) is 15.4. The van der Waals surface area contributed by atoms with Crippen LogP contribution in [0.1, 0.15) is 38.2 Å². The van der Waals surface area contributed by atoms with E-state index >= 15 is 0 Å². The number of aromatic amines is 1. The summed E-state index contributed by atoms with van der Waals surface area (Å²) in [4.78, 5) is 26.5. The van der Waals surface area contributed by atoms with Crippen molar-refractivity contribution in [2.24, 2.45) is 5.92 Å². The highest BCUT2D eigenvalue weighted by Gasteiger charge is 2.22. The minimum absolute atomic E-state index is 0.0236. The molecule has 3 aromatic rings. The van der Waals surface area contributed by atoms with Crippen molar-refractivity contribution in [3.8, 4) is 0 Å². The molecule has 0 radical (unpaired) electrons. The van der Waals surface area contributed by atoms with Gasteiger partial charge in [-0.15, -0.1) is 0 Å². The average molecular weight is 365 g/mol. The first-order valence-corrected chi connectivity index (χ1v) is 9.04. The number of anilines is 1. The summed E-state index contributed by atoms with van der Waals surface area (Å²) in [5.74, 6) is 0.305. The summed E-state index contributed by atoms with van der Waals surface area (Å²) in [5.41, 5.74) is 2.61. The minimum Gasteiger partial charge on any atom is -0.361 e. The molecule has 0 saturated carbocycles. The van der Waals surface area contributed by atoms with E-state index in [4.69, 9.17) is 0 Å². The number of hydrogen-bond acceptors (Lipinski definition) is 3. The van der Waals surface area contributed by atoms with E-state index in [0.29, 0.717) is 12.3 Å². The third-order valence-electron chi connectivity index (χ3n) is 4.59. The van der Waals surface area contributed by atoms with E-state index in [-0.39, 0.29) is 17.5 Å². The molecule has 6 nitrogen and oxygen atoms in total. The second-order valence-corrected chi connectivity index (χ2v) is 7.18. The Labute approximate surface area is 157 Å². The number of carbonyl (C=O) groups is 1. The van der Waals surface area contributed by atoms with Crippen molar-refractivity contribution >= 4 is 28.2 Å². The van der Waals surface area contributed by atoms with Gasteiger partial charge in [-0.05, 0) is 42.0 Å². The number of fused-ring (bicyclic) bond motifs is 1. The first kappa shape index (κ1) is 18.6. The minimum atomic E-state index is -0.393. The maximum absolute atomic E-state index is 12.6. The van der Waals surface area contributed by atoms with Crippen molar-refractivity contribution in [1.29, 1.82) is 0 Å². The Morgan fingerprint density at radius 3 is 2.59 bits per heavy atom. The normalized spacial score (nSPS) is 12.3. The molecule has 3 rings (SSSR count). The summed E-state index contributed by atoms with van der Waals surface area (Å²) in [6, 6.07) is 14.1. The largest absolute Gasteiger partial charge is 0.361 e. The van der Waals surface area contributed by atoms with Crippen LogP contribution >= 0.6 is 0 Å². The average Bonchev–Trinajstić information content (AvgIpc) is 3.04. The highest BCUT2D eigenvalue weighted by molar-refractivity contribution is 5.92. The first-order chi connectivity index (χ1) is 12.9. The number of benzene rings is 2. The van der Waals surface area contributed by atoms with Gasteiger partial charge in [-0.25, -0.2) is 0 Å². The van der Waals surface area contributed by atoms with Gasteiger partial charge in [-0.1, -0.05) is 32.0 Å². The van der Waals surface area contributed by atoms with Crippen LogP contribution in [-0.2, 0) is 4.79 Å². The molecule has 6 heteroatoms. The number of nitro groups is 1. The molecule has 0 fully saturated rings. The maximum Gasteiger partial charge on any atom is 0.270 e. The van der Waals surface area contributed by atoms with E-state index < -0.39 is 4.92 Å². The van der Waals surface area contributed by atoms with Gasteiger partial charge in [-0.2, -0.15) is 0 Å². The molecule has 0 bridgehead atoms. The molecule has 0 spiro atoms. The van der Waals surface area contributed by atoms with Crippen LogP contribution < -0.4 is 5.32 Å². The lowest BCUT2D eigenvalue weighted by Gasteiger charge is -2.18. The van der Waals surface area contributed by atoms with E-state index in [2.05, 4.69) is 24.1 Å². The van der Waals surface area contributed by atoms with Crippen molar-refractivity contribution < 1.29 is 9.72 Å². The highest BCUT2D eigenvalue weighted by atomic mass is 16.6. The van der Waals surface area contributed by atoms with Crippen LogP contribution in [0.4, 0.5) is 11.4 Å². The van der Waals surface area contributed by atoms with Gasteiger partial charge >= 0.3 is 0 Å². The van der Waals surface area contributed by atoms with Crippen molar-refractivity contribution in [2.45, 2.75) is 32.6 Å². The molecular weight excluding hydrogens is 342 g/mol. The number of nitrogens with zero attached hydrogens (tertiary/aromatic N) is 1. The molecule has 0 saturated heterocycles. The van der Waals surface area contributed by atoms with E-state index in [9.17, 15) is 14.9 Å². The van der Waals surface area contributed by atoms with Gasteiger partial charge in [0.25, 0.3) is 5.69 Å². The Balaban J connectivity index is 1.88. The van der Waals surface area contributed by atoms with Crippen LogP contribution in [0.25, 0.3) is 10.9 Å². The summed E-state index contributed by atoms with van der Waals surface area (Å²) in [5, 5.41) is 14.9. The number of aromatic nitrogens is 1. The highest BCUT2D eigenvalue weighted by Crippen LogP contribution is 2.34. The Hall–Kier alpha value is -3.15. The van der Waals surface area contributed by atoms with Crippen molar-refractivity contribution in [3.63, 3.8) is 0 Å². The summed E-state index contributed by atoms with van der Waals surface area (Å²) in [6.45, 7) is 4.22. The molecule has 2 aromatic carbocycles. The predicted molar refractivity (Wildman–Crippen MR) is 107 cm³/mol. The van der Waals surface area contributed by atoms with Crippen LogP contribution in [0.2, 0.25) is 0 Å². The summed E-state index contributed by atoms with van der Waals surface area (Å²) in [6.07, 6.45) is 3.01. The molecular formula is C21H23N3O3. The fraction of sp³-hybridized carbons (Fsp3) is 0.286. The van der Waals surface area contributed by atoms with Crippen LogP contribution in [0, 0.1) is 16.0 Å². The van der Waals surface area contributed by atoms with Gasteiger partial charge in [0.15, 0.2) is 0 Å². The number of para-hydroxylation sites is 1. The second kappa shape index (κ2) is 8.03. The molecule has 1 heterocycles. The lowest BCUT2D eigenvalue weighted by atomic mass is 9.87. The van der Waals surface area contributed by atoms with E-state index in [1.165, 1.54) is 6.07 Å². The molecule has 1 aromatic heterocycles. The van der Waals surface area contributed by atoms with Gasteiger partial charge in [0.2, 0.25) is 5.91 Å². The number of nitro benzene ring substituents is 1. The van der Waals surface area contributed by atoms with Crippen LogP contribution in [-0.4, -0.2) is 15.8 Å². The molecule has 140 valence electrons. The SMILES string of the molecule is CC(C)CC(CC(=O)Nc1ccccc1)c1c[nH]c2ccc([N+](=O)[O-])cc12. The zero-order valence-electron chi connectivity index (χ0n) is 15.4. The van der Waals surface area contributed by atoms with Crippen LogP contribution in [0.15, 0.2) is 54.7 Å². The standard InChI is InChI=1S/C21H23N3O3/c1-14(2)10-15(11-21(25)23-16-6-4-3-5-7-16)19-13-22-20-9-8-17(24(26)27)12-18(19)20/h3-9,12-15,22H,10-11H2,1-2H3,(H,23,25). The van der Waals surface area contributed by atoms with Crippen molar-refractivity contribution in [2.75, 3.05) is 5.32 Å². The summed E-state index contributed by atoms with van der Waals surface area (Å²) in [7, 11) is 0. The first-order valence-electron chi connectivity index (χ1n) is 9.04. The molecule has 1 atom stereocenters. The molecule has 2 N–H and O–H groups in total. The molecule has 27 heavy (non-hydrogen) atoms. The Bertz CT molecular complexity index is 948. The van der Waals surface area contributed by atoms with E-state index in [0.717, 1.165) is 28.6 Å². The van der Waals surface area contributed by atoms with Crippen LogP contribution in [0.5, 0.6) is 0 Å². The number of rotatable bonds is 7. The predicted octanol–water partition coefficient (Wildman–Crippen LogP) is 5.23. The fourth-order valence-electron chi connectivity index (χ4n) is 3.43. The molecule has 0 aliphatic heterocycles. The topological polar surface area (TPSA) is 88.0 Å². The quantitative estimate of drug-likeness (QED) is 0.443. The second-order valence-electron chi connectivity index (χ2n) is 7.18. The Morgan fingerprint density at radius 2 is 1.93 bits per heavy atom. The number of non-ortho nitro benzene ring substituents is 1. The molecule has 0 aliphatic rings. The monoisotopic (exact) mass is 365 g/mol. The third-order valence-corrected chi connectivity index (χ3v) is 4.59. The number of H-pyrrole nitrogens is 1. The van der Waals surface area contributed by atoms with Crippen molar-refractivity contribution in [3.05, 3.63) is 70.4 Å². The third kappa shape index (κ3) is 4.53. The maximum atomic E-state index is 12.6. The smallest absolute Gasteiger partial charge is 0.270 e. The van der Waals surface area contributed by atoms with Gasteiger partial charge in [0.1, 0.15) is 0 Å². The van der Waals surface area contributed by atoms with E-state index in [1.807, 2.05) is 36.5 Å². The fourth-order valence-corrected chi connectivity index (χ4v) is 3.43. The van der Waals surface area contributed by atoms with E-state index in [1.54, 1.807) is 12.1 Å². The molecule has 0 aliphatic carbocycles. The van der Waals surface area contributed by atoms with Crippen LogP contribution in [0.3, 0.4) is 0 Å². The van der Waals surface area contributed by atoms with Gasteiger partial charge < -0.3 is 10.3 Å². The lowest BCUT2D eigenvalue weighted by molar-refractivity contribution is -0.384. The summed E-state index contributed by atoms with van der Waals surface area (Å²) < 4.78 is 0. The van der Waals surface area contributed by atoms with Crippen molar-refractivity contribution in [1.82, 2.24) is 4.98 Å². The summed E-state index contributed by atoms with van der Waals surface area (Å²) >= 11 is 0. The number of nitrogens with one attached hydrogen (secondary N) is 2. The van der Waals surface area contributed by atoms with Gasteiger partial charge in [-0.3, -0.25) is 14.9 Å². The zero-order chi connectivity index (χ0) is 19.4. The lowest BCUT2D eigenvalue weighted by Crippen LogP contribution is -2.16.